The number of alkyl halides is 3. The number of aliphatic carboxylic acids is 1. The Balaban J connectivity index is 2.78. The van der Waals surface area contributed by atoms with Crippen LogP contribution in [-0.4, -0.2) is 17.3 Å². The standard InChI is InChI=1S/C10H12ClF3O2/c1-9(2)5(3-6(9)8(15)16)4-7(11)10(12,13)14/h4-6H,3H2,1-2H3,(H,15,16)/b7-4+. The van der Waals surface area contributed by atoms with E-state index in [1.807, 2.05) is 0 Å². The molecule has 1 N–H and O–H groups in total. The topological polar surface area (TPSA) is 37.3 Å². The Morgan fingerprint density at radius 1 is 1.50 bits per heavy atom. The van der Waals surface area contributed by atoms with Crippen LogP contribution in [0.3, 0.4) is 0 Å². The third-order valence-corrected chi connectivity index (χ3v) is 3.60. The third kappa shape index (κ3) is 2.34. The Kier molecular flexibility index (Phi) is 3.29. The summed E-state index contributed by atoms with van der Waals surface area (Å²) in [6.45, 7) is 3.27. The molecule has 0 amide bonds. The van der Waals surface area contributed by atoms with Crippen molar-refractivity contribution in [3.63, 3.8) is 0 Å². The lowest BCUT2D eigenvalue weighted by Gasteiger charge is -2.48. The molecule has 0 radical (unpaired) electrons. The van der Waals surface area contributed by atoms with E-state index in [-0.39, 0.29) is 6.42 Å². The second-order valence-corrected chi connectivity index (χ2v) is 4.97. The van der Waals surface area contributed by atoms with Gasteiger partial charge in [-0.05, 0) is 17.8 Å². The molecule has 1 rings (SSSR count). The van der Waals surface area contributed by atoms with E-state index in [4.69, 9.17) is 16.7 Å². The first kappa shape index (κ1) is 13.4. The molecule has 0 heterocycles. The van der Waals surface area contributed by atoms with Crippen LogP contribution in [0.15, 0.2) is 11.1 Å². The number of hydrogen-bond acceptors (Lipinski definition) is 1. The van der Waals surface area contributed by atoms with Gasteiger partial charge in [0.05, 0.1) is 5.92 Å². The molecule has 2 atom stereocenters. The van der Waals surface area contributed by atoms with Crippen molar-refractivity contribution in [2.24, 2.45) is 17.3 Å². The van der Waals surface area contributed by atoms with Crippen molar-refractivity contribution in [3.8, 4) is 0 Å². The van der Waals surface area contributed by atoms with E-state index in [2.05, 4.69) is 0 Å². The SMILES string of the molecule is CC1(C)C(/C=C(/Cl)C(F)(F)F)CC1C(=O)O. The maximum Gasteiger partial charge on any atom is 0.426 e. The number of allylic oxidation sites excluding steroid dienone is 2. The molecule has 6 heteroatoms. The first-order valence-corrected chi connectivity index (χ1v) is 5.12. The highest BCUT2D eigenvalue weighted by molar-refractivity contribution is 6.30. The quantitative estimate of drug-likeness (QED) is 0.822. The maximum atomic E-state index is 12.2. The van der Waals surface area contributed by atoms with Crippen LogP contribution >= 0.6 is 11.6 Å². The number of carboxylic acid groups (broad SMARTS) is 1. The van der Waals surface area contributed by atoms with Gasteiger partial charge in [0, 0.05) is 0 Å². The Hall–Kier alpha value is -0.710. The van der Waals surface area contributed by atoms with E-state index in [9.17, 15) is 18.0 Å². The minimum atomic E-state index is -4.55. The fourth-order valence-corrected chi connectivity index (χ4v) is 2.08. The minimum absolute atomic E-state index is 0.203. The van der Waals surface area contributed by atoms with Crippen LogP contribution in [0.25, 0.3) is 0 Å². The third-order valence-electron chi connectivity index (χ3n) is 3.26. The highest BCUT2D eigenvalue weighted by Crippen LogP contribution is 2.53. The summed E-state index contributed by atoms with van der Waals surface area (Å²) in [5.74, 6) is -2.02. The molecule has 0 saturated heterocycles. The molecular formula is C10H12ClF3O2. The van der Waals surface area contributed by atoms with Crippen LogP contribution in [0, 0.1) is 17.3 Å². The monoisotopic (exact) mass is 256 g/mol. The van der Waals surface area contributed by atoms with Crippen LogP contribution < -0.4 is 0 Å². The second kappa shape index (κ2) is 3.95. The summed E-state index contributed by atoms with van der Waals surface area (Å²) in [6.07, 6.45) is -3.43. The number of carbonyl (C=O) groups is 1. The van der Waals surface area contributed by atoms with Crippen LogP contribution in [0.2, 0.25) is 0 Å². The molecule has 1 aliphatic rings. The van der Waals surface area contributed by atoms with Crippen LogP contribution in [0.1, 0.15) is 20.3 Å². The van der Waals surface area contributed by atoms with Crippen molar-refractivity contribution in [1.82, 2.24) is 0 Å². The molecule has 92 valence electrons. The first-order chi connectivity index (χ1) is 7.06. The molecule has 1 saturated carbocycles. The fraction of sp³-hybridized carbons (Fsp3) is 0.700. The summed E-state index contributed by atoms with van der Waals surface area (Å²) in [6, 6.07) is 0. The zero-order valence-electron chi connectivity index (χ0n) is 8.81. The van der Waals surface area contributed by atoms with Gasteiger partial charge in [-0.25, -0.2) is 0 Å². The number of rotatable bonds is 2. The molecule has 0 spiro atoms. The number of halogens is 4. The number of hydrogen-bond donors (Lipinski definition) is 1. The number of carboxylic acids is 1. The molecule has 0 aromatic rings. The Labute approximate surface area is 96.1 Å². The van der Waals surface area contributed by atoms with E-state index in [0.717, 1.165) is 6.08 Å². The Morgan fingerprint density at radius 2 is 2.00 bits per heavy atom. The molecule has 0 bridgehead atoms. The molecule has 16 heavy (non-hydrogen) atoms. The van der Waals surface area contributed by atoms with Crippen LogP contribution in [0.5, 0.6) is 0 Å². The summed E-state index contributed by atoms with van der Waals surface area (Å²) in [7, 11) is 0. The van der Waals surface area contributed by atoms with E-state index in [1.54, 1.807) is 13.8 Å². The summed E-state index contributed by atoms with van der Waals surface area (Å²) in [4.78, 5) is 10.7. The smallest absolute Gasteiger partial charge is 0.426 e. The van der Waals surface area contributed by atoms with Gasteiger partial charge in [0.15, 0.2) is 0 Å². The van der Waals surface area contributed by atoms with Gasteiger partial charge in [0.25, 0.3) is 0 Å². The van der Waals surface area contributed by atoms with Crippen molar-refractivity contribution in [3.05, 3.63) is 11.1 Å². The molecule has 0 aromatic heterocycles. The average molecular weight is 257 g/mol. The lowest BCUT2D eigenvalue weighted by Crippen LogP contribution is -2.48. The predicted octanol–water partition coefficient (Wildman–Crippen LogP) is 3.42. The fourth-order valence-electron chi connectivity index (χ4n) is 1.93. The minimum Gasteiger partial charge on any atom is -0.481 e. The zero-order chi connectivity index (χ0) is 12.7. The first-order valence-electron chi connectivity index (χ1n) is 4.74. The van der Waals surface area contributed by atoms with Crippen LogP contribution in [0.4, 0.5) is 13.2 Å². The van der Waals surface area contributed by atoms with Crippen molar-refractivity contribution in [1.29, 1.82) is 0 Å². The van der Waals surface area contributed by atoms with Crippen molar-refractivity contribution < 1.29 is 23.1 Å². The van der Waals surface area contributed by atoms with Gasteiger partial charge in [0.2, 0.25) is 0 Å². The maximum absolute atomic E-state index is 12.2. The molecule has 2 unspecified atom stereocenters. The summed E-state index contributed by atoms with van der Waals surface area (Å²) in [5.41, 5.74) is -0.683. The lowest BCUT2D eigenvalue weighted by molar-refractivity contribution is -0.156. The molecule has 1 aliphatic carbocycles. The summed E-state index contributed by atoms with van der Waals surface area (Å²) in [5, 5.41) is 7.63. The van der Waals surface area contributed by atoms with E-state index in [0.29, 0.717) is 0 Å². The van der Waals surface area contributed by atoms with Crippen LogP contribution in [-0.2, 0) is 4.79 Å². The summed E-state index contributed by atoms with van der Waals surface area (Å²) >= 11 is 5.11. The highest BCUT2D eigenvalue weighted by atomic mass is 35.5. The second-order valence-electron chi connectivity index (χ2n) is 4.57. The predicted molar refractivity (Wildman–Crippen MR) is 53.0 cm³/mol. The Bertz CT molecular complexity index is 333. The Morgan fingerprint density at radius 3 is 2.31 bits per heavy atom. The van der Waals surface area contributed by atoms with Gasteiger partial charge in [-0.1, -0.05) is 31.5 Å². The van der Waals surface area contributed by atoms with Gasteiger partial charge in [-0.2, -0.15) is 13.2 Å². The molecule has 2 nitrogen and oxygen atoms in total. The molecule has 0 aromatic carbocycles. The van der Waals surface area contributed by atoms with Gasteiger partial charge in [-0.3, -0.25) is 4.79 Å². The van der Waals surface area contributed by atoms with Crippen molar-refractivity contribution >= 4 is 17.6 Å². The average Bonchev–Trinajstić information content (AvgIpc) is 2.08. The normalized spacial score (nSPS) is 29.8. The zero-order valence-corrected chi connectivity index (χ0v) is 9.56. The van der Waals surface area contributed by atoms with Gasteiger partial charge in [-0.15, -0.1) is 0 Å². The largest absolute Gasteiger partial charge is 0.481 e. The van der Waals surface area contributed by atoms with Crippen molar-refractivity contribution in [2.75, 3.05) is 0 Å². The highest BCUT2D eigenvalue weighted by Gasteiger charge is 2.51. The lowest BCUT2D eigenvalue weighted by atomic mass is 9.55. The van der Waals surface area contributed by atoms with E-state index in [1.165, 1.54) is 0 Å². The van der Waals surface area contributed by atoms with Gasteiger partial charge >= 0.3 is 12.1 Å². The summed E-state index contributed by atoms with van der Waals surface area (Å²) < 4.78 is 36.5. The van der Waals surface area contributed by atoms with Crippen molar-refractivity contribution in [2.45, 2.75) is 26.4 Å². The molecule has 0 aliphatic heterocycles. The molecular weight excluding hydrogens is 245 g/mol. The van der Waals surface area contributed by atoms with E-state index < -0.39 is 34.4 Å². The molecule has 1 fully saturated rings. The van der Waals surface area contributed by atoms with Gasteiger partial charge < -0.3 is 5.11 Å². The van der Waals surface area contributed by atoms with E-state index >= 15 is 0 Å². The van der Waals surface area contributed by atoms with Gasteiger partial charge in [0.1, 0.15) is 5.03 Å².